The molecule has 1 saturated heterocycles. The first-order valence-electron chi connectivity index (χ1n) is 7.41. The number of amides is 2. The third-order valence-corrected chi connectivity index (χ3v) is 3.82. The lowest BCUT2D eigenvalue weighted by molar-refractivity contribution is -0.132. The molecule has 1 N–H and O–H groups in total. The number of halogens is 1. The average Bonchev–Trinajstić information content (AvgIpc) is 2.67. The second-order valence-electron chi connectivity index (χ2n) is 5.59. The zero-order valence-corrected chi connectivity index (χ0v) is 12.7. The zero-order valence-electron chi connectivity index (χ0n) is 12.7. The van der Waals surface area contributed by atoms with Gasteiger partial charge in [0.25, 0.3) is 0 Å². The molecule has 0 aliphatic carbocycles. The number of β-amino-alcohol motifs (C(OH)–C–C–N with tert-alkyl or cyclic N) is 1. The smallest absolute Gasteiger partial charge is 0.223 e. The van der Waals surface area contributed by atoms with Gasteiger partial charge in [-0.1, -0.05) is 12.1 Å². The number of rotatable bonds is 3. The van der Waals surface area contributed by atoms with Crippen molar-refractivity contribution in [1.29, 1.82) is 0 Å². The number of nitrogens with zero attached hydrogens (tertiary/aromatic N) is 2. The minimum Gasteiger partial charge on any atom is -0.389 e. The van der Waals surface area contributed by atoms with Crippen LogP contribution >= 0.6 is 0 Å². The highest BCUT2D eigenvalue weighted by molar-refractivity contribution is 5.77. The van der Waals surface area contributed by atoms with E-state index in [-0.39, 0.29) is 37.1 Å². The van der Waals surface area contributed by atoms with E-state index < -0.39 is 6.10 Å². The van der Waals surface area contributed by atoms with Crippen molar-refractivity contribution in [1.82, 2.24) is 9.80 Å². The summed E-state index contributed by atoms with van der Waals surface area (Å²) in [6.45, 7) is 2.78. The van der Waals surface area contributed by atoms with E-state index in [9.17, 15) is 19.1 Å². The van der Waals surface area contributed by atoms with Crippen molar-refractivity contribution >= 4 is 11.8 Å². The third-order valence-electron chi connectivity index (χ3n) is 3.82. The van der Waals surface area contributed by atoms with Gasteiger partial charge in [-0.15, -0.1) is 0 Å². The van der Waals surface area contributed by atoms with Crippen molar-refractivity contribution in [3.63, 3.8) is 0 Å². The Hall–Kier alpha value is -1.95. The van der Waals surface area contributed by atoms with Crippen molar-refractivity contribution < 1.29 is 19.1 Å². The van der Waals surface area contributed by atoms with Gasteiger partial charge in [0.2, 0.25) is 11.8 Å². The first-order chi connectivity index (χ1) is 10.5. The summed E-state index contributed by atoms with van der Waals surface area (Å²) in [4.78, 5) is 26.8. The molecule has 0 spiro atoms. The number of aliphatic hydroxyl groups excluding tert-OH is 1. The SMILES string of the molecule is CC(=O)N1CCN(C(=O)CCc2cccc(F)c2)C[C@@H](O)C1. The lowest BCUT2D eigenvalue weighted by Gasteiger charge is -2.21. The number of hydrogen-bond donors (Lipinski definition) is 1. The molecular formula is C16H21FN2O3. The highest BCUT2D eigenvalue weighted by Crippen LogP contribution is 2.10. The normalized spacial score (nSPS) is 19.0. The van der Waals surface area contributed by atoms with E-state index in [1.54, 1.807) is 21.9 Å². The van der Waals surface area contributed by atoms with Crippen LogP contribution in [0.2, 0.25) is 0 Å². The van der Waals surface area contributed by atoms with E-state index in [1.807, 2.05) is 0 Å². The van der Waals surface area contributed by atoms with Gasteiger partial charge in [-0.05, 0) is 24.1 Å². The van der Waals surface area contributed by atoms with E-state index in [4.69, 9.17) is 0 Å². The van der Waals surface area contributed by atoms with E-state index >= 15 is 0 Å². The molecule has 22 heavy (non-hydrogen) atoms. The first kappa shape index (κ1) is 16.4. The number of aryl methyl sites for hydroxylation is 1. The molecule has 1 aliphatic rings. The van der Waals surface area contributed by atoms with E-state index in [0.29, 0.717) is 19.5 Å². The van der Waals surface area contributed by atoms with Crippen LogP contribution in [0, 0.1) is 5.82 Å². The van der Waals surface area contributed by atoms with Gasteiger partial charge in [0.1, 0.15) is 5.82 Å². The number of carbonyl (C=O) groups excluding carboxylic acids is 2. The van der Waals surface area contributed by atoms with Gasteiger partial charge < -0.3 is 14.9 Å². The zero-order chi connectivity index (χ0) is 16.1. The number of carbonyl (C=O) groups is 2. The lowest BCUT2D eigenvalue weighted by atomic mass is 10.1. The Labute approximate surface area is 129 Å². The molecule has 1 aromatic carbocycles. The summed E-state index contributed by atoms with van der Waals surface area (Å²) in [5.41, 5.74) is 0.772. The molecule has 1 atom stereocenters. The van der Waals surface area contributed by atoms with Crippen LogP contribution in [0.3, 0.4) is 0 Å². The Morgan fingerprint density at radius 1 is 1.27 bits per heavy atom. The number of benzene rings is 1. The van der Waals surface area contributed by atoms with Crippen LogP contribution in [0.4, 0.5) is 4.39 Å². The topological polar surface area (TPSA) is 60.9 Å². The molecule has 1 aromatic rings. The average molecular weight is 308 g/mol. The van der Waals surface area contributed by atoms with Gasteiger partial charge in [0, 0.05) is 39.5 Å². The fourth-order valence-electron chi connectivity index (χ4n) is 2.60. The minimum atomic E-state index is -0.732. The third kappa shape index (κ3) is 4.53. The summed E-state index contributed by atoms with van der Waals surface area (Å²) >= 11 is 0. The summed E-state index contributed by atoms with van der Waals surface area (Å²) in [6.07, 6.45) is -0.0138. The second kappa shape index (κ2) is 7.35. The molecule has 1 fully saturated rings. The lowest BCUT2D eigenvalue weighted by Crippen LogP contribution is -2.37. The van der Waals surface area contributed by atoms with Gasteiger partial charge in [-0.25, -0.2) is 4.39 Å². The fraction of sp³-hybridized carbons (Fsp3) is 0.500. The molecular weight excluding hydrogens is 287 g/mol. The molecule has 1 heterocycles. The Bertz CT molecular complexity index is 550. The molecule has 0 bridgehead atoms. The molecule has 0 saturated carbocycles. The molecule has 2 rings (SSSR count). The van der Waals surface area contributed by atoms with Crippen LogP contribution in [0.1, 0.15) is 18.9 Å². The number of hydrogen-bond acceptors (Lipinski definition) is 3. The summed E-state index contributed by atoms with van der Waals surface area (Å²) in [5.74, 6) is -0.505. The quantitative estimate of drug-likeness (QED) is 0.899. The van der Waals surface area contributed by atoms with Crippen LogP contribution in [0.15, 0.2) is 24.3 Å². The van der Waals surface area contributed by atoms with E-state index in [1.165, 1.54) is 19.1 Å². The van der Waals surface area contributed by atoms with Gasteiger partial charge in [0.15, 0.2) is 0 Å². The highest BCUT2D eigenvalue weighted by atomic mass is 19.1. The van der Waals surface area contributed by atoms with Crippen molar-refractivity contribution in [3.05, 3.63) is 35.6 Å². The molecule has 2 amide bonds. The molecule has 120 valence electrons. The summed E-state index contributed by atoms with van der Waals surface area (Å²) in [5, 5.41) is 9.91. The van der Waals surface area contributed by atoms with Crippen molar-refractivity contribution in [2.75, 3.05) is 26.2 Å². The van der Waals surface area contributed by atoms with Gasteiger partial charge in [-0.2, -0.15) is 0 Å². The standard InChI is InChI=1S/C16H21FN2O3/c1-12(20)18-7-8-19(11-15(21)10-18)16(22)6-5-13-3-2-4-14(17)9-13/h2-4,9,15,21H,5-8,10-11H2,1H3/t15-/m0/s1. The highest BCUT2D eigenvalue weighted by Gasteiger charge is 2.25. The van der Waals surface area contributed by atoms with Crippen LogP contribution in [0.25, 0.3) is 0 Å². The Morgan fingerprint density at radius 3 is 2.64 bits per heavy atom. The first-order valence-corrected chi connectivity index (χ1v) is 7.41. The molecule has 1 aliphatic heterocycles. The van der Waals surface area contributed by atoms with Gasteiger partial charge in [0.05, 0.1) is 6.10 Å². The molecule has 0 radical (unpaired) electrons. The predicted octanol–water partition coefficient (Wildman–Crippen LogP) is 0.810. The van der Waals surface area contributed by atoms with E-state index in [2.05, 4.69) is 0 Å². The molecule has 0 unspecified atom stereocenters. The predicted molar refractivity (Wildman–Crippen MR) is 79.6 cm³/mol. The largest absolute Gasteiger partial charge is 0.389 e. The maximum Gasteiger partial charge on any atom is 0.223 e. The molecule has 5 nitrogen and oxygen atoms in total. The number of aliphatic hydroxyl groups is 1. The van der Waals surface area contributed by atoms with Crippen molar-refractivity contribution in [3.8, 4) is 0 Å². The van der Waals surface area contributed by atoms with Crippen LogP contribution in [0.5, 0.6) is 0 Å². The van der Waals surface area contributed by atoms with Gasteiger partial charge in [-0.3, -0.25) is 9.59 Å². The molecule has 0 aromatic heterocycles. The summed E-state index contributed by atoms with van der Waals surface area (Å²) in [6, 6.07) is 6.19. The van der Waals surface area contributed by atoms with Crippen LogP contribution in [-0.2, 0) is 16.0 Å². The van der Waals surface area contributed by atoms with Crippen LogP contribution < -0.4 is 0 Å². The fourth-order valence-corrected chi connectivity index (χ4v) is 2.60. The summed E-state index contributed by atoms with van der Waals surface area (Å²) < 4.78 is 13.1. The Balaban J connectivity index is 1.90. The van der Waals surface area contributed by atoms with Crippen molar-refractivity contribution in [2.24, 2.45) is 0 Å². The second-order valence-corrected chi connectivity index (χ2v) is 5.59. The Morgan fingerprint density at radius 2 is 1.95 bits per heavy atom. The monoisotopic (exact) mass is 308 g/mol. The maximum atomic E-state index is 13.1. The maximum absolute atomic E-state index is 13.1. The van der Waals surface area contributed by atoms with Crippen molar-refractivity contribution in [2.45, 2.75) is 25.9 Å². The van der Waals surface area contributed by atoms with Gasteiger partial charge >= 0.3 is 0 Å². The summed E-state index contributed by atoms with van der Waals surface area (Å²) in [7, 11) is 0. The Kier molecular flexibility index (Phi) is 5.49. The minimum absolute atomic E-state index is 0.0892. The van der Waals surface area contributed by atoms with Crippen LogP contribution in [-0.4, -0.2) is 59.0 Å². The van der Waals surface area contributed by atoms with E-state index in [0.717, 1.165) is 5.56 Å². The molecule has 6 heteroatoms.